The number of aliphatic imine (C=N–C) groups is 1. The van der Waals surface area contributed by atoms with Gasteiger partial charge in [-0.05, 0) is 49.2 Å². The van der Waals surface area contributed by atoms with E-state index in [1.807, 2.05) is 43.1 Å². The first-order valence-electron chi connectivity index (χ1n) is 10.1. The summed E-state index contributed by atoms with van der Waals surface area (Å²) in [5, 5.41) is 6.04. The van der Waals surface area contributed by atoms with E-state index in [-0.39, 0.29) is 36.4 Å². The Morgan fingerprint density at radius 3 is 2.56 bits per heavy atom. The molecule has 172 valence electrons. The Labute approximate surface area is 207 Å². The van der Waals surface area contributed by atoms with Crippen LogP contribution in [-0.2, 0) is 11.2 Å². The third-order valence-corrected chi connectivity index (χ3v) is 4.57. The number of guanidine groups is 1. The van der Waals surface area contributed by atoms with E-state index in [9.17, 15) is 4.79 Å². The van der Waals surface area contributed by atoms with Crippen molar-refractivity contribution in [2.45, 2.75) is 13.3 Å². The van der Waals surface area contributed by atoms with E-state index < -0.39 is 0 Å². The SMILES string of the molecule is C#Cc1cccc(NC(=O)CN=C(NCC)N(C)CCc2ccc(OC)c(OC)c2)c1.I. The number of hydrogen-bond acceptors (Lipinski definition) is 4. The lowest BCUT2D eigenvalue weighted by atomic mass is 10.1. The van der Waals surface area contributed by atoms with E-state index in [1.54, 1.807) is 32.4 Å². The number of nitrogens with one attached hydrogen (secondary N) is 2. The lowest BCUT2D eigenvalue weighted by Gasteiger charge is -2.22. The molecular weight excluding hydrogens is 519 g/mol. The fourth-order valence-electron chi connectivity index (χ4n) is 2.94. The number of rotatable bonds is 9. The number of methoxy groups -OCH3 is 2. The number of hydrogen-bond donors (Lipinski definition) is 2. The van der Waals surface area contributed by atoms with E-state index in [4.69, 9.17) is 15.9 Å². The number of ether oxygens (including phenoxy) is 2. The van der Waals surface area contributed by atoms with Crippen LogP contribution in [0, 0.1) is 12.3 Å². The summed E-state index contributed by atoms with van der Waals surface area (Å²) in [5.74, 6) is 4.41. The van der Waals surface area contributed by atoms with Crippen molar-refractivity contribution in [2.24, 2.45) is 4.99 Å². The standard InChI is InChI=1S/C24H30N4O3.HI/c1-6-18-9-8-10-20(15-18)27-23(29)17-26-24(25-7-2)28(3)14-13-19-11-12-21(30-4)22(16-19)31-5;/h1,8-12,15-16H,7,13-14,17H2,2-5H3,(H,25,26)(H,27,29);1H. The van der Waals surface area contributed by atoms with E-state index in [0.717, 1.165) is 12.0 Å². The molecule has 0 atom stereocenters. The van der Waals surface area contributed by atoms with Crippen LogP contribution in [0.15, 0.2) is 47.5 Å². The second-order valence-corrected chi connectivity index (χ2v) is 6.80. The predicted molar refractivity (Wildman–Crippen MR) is 140 cm³/mol. The molecule has 0 aliphatic carbocycles. The molecule has 1 amide bonds. The zero-order valence-corrected chi connectivity index (χ0v) is 21.3. The van der Waals surface area contributed by atoms with Crippen molar-refractivity contribution in [3.05, 3.63) is 53.6 Å². The molecule has 0 fully saturated rings. The first-order chi connectivity index (χ1) is 15.0. The summed E-state index contributed by atoms with van der Waals surface area (Å²) in [7, 11) is 5.18. The summed E-state index contributed by atoms with van der Waals surface area (Å²) in [5.41, 5.74) is 2.48. The van der Waals surface area contributed by atoms with E-state index in [0.29, 0.717) is 41.8 Å². The van der Waals surface area contributed by atoms with Crippen LogP contribution in [0.4, 0.5) is 5.69 Å². The topological polar surface area (TPSA) is 75.2 Å². The Kier molecular flexibility index (Phi) is 12.0. The molecule has 0 radical (unpaired) electrons. The molecule has 8 heteroatoms. The normalized spacial score (nSPS) is 10.4. The van der Waals surface area contributed by atoms with Gasteiger partial charge in [-0.3, -0.25) is 4.79 Å². The maximum Gasteiger partial charge on any atom is 0.246 e. The first-order valence-corrected chi connectivity index (χ1v) is 10.1. The van der Waals surface area contributed by atoms with Crippen LogP contribution in [0.1, 0.15) is 18.1 Å². The van der Waals surface area contributed by atoms with Gasteiger partial charge in [0.15, 0.2) is 17.5 Å². The molecule has 0 aliphatic heterocycles. The smallest absolute Gasteiger partial charge is 0.246 e. The fourth-order valence-corrected chi connectivity index (χ4v) is 2.94. The molecule has 0 heterocycles. The Balaban J connectivity index is 0.00000512. The van der Waals surface area contributed by atoms with Crippen molar-refractivity contribution < 1.29 is 14.3 Å². The highest BCUT2D eigenvalue weighted by molar-refractivity contribution is 14.0. The Hall–Kier alpha value is -2.93. The van der Waals surface area contributed by atoms with Crippen LogP contribution in [0.25, 0.3) is 0 Å². The number of amides is 1. The van der Waals surface area contributed by atoms with Gasteiger partial charge in [0.2, 0.25) is 5.91 Å². The van der Waals surface area contributed by atoms with Crippen molar-refractivity contribution in [3.63, 3.8) is 0 Å². The first kappa shape index (κ1) is 27.1. The molecule has 0 unspecified atom stereocenters. The number of carbonyl (C=O) groups excluding carboxylic acids is 1. The van der Waals surface area contributed by atoms with Gasteiger partial charge in [-0.25, -0.2) is 4.99 Å². The third-order valence-electron chi connectivity index (χ3n) is 4.57. The molecule has 0 bridgehead atoms. The maximum atomic E-state index is 12.3. The molecular formula is C24H31IN4O3. The summed E-state index contributed by atoms with van der Waals surface area (Å²) < 4.78 is 10.7. The van der Waals surface area contributed by atoms with E-state index >= 15 is 0 Å². The number of halogens is 1. The number of nitrogens with zero attached hydrogens (tertiary/aromatic N) is 2. The van der Waals surface area contributed by atoms with Crippen molar-refractivity contribution in [2.75, 3.05) is 46.2 Å². The minimum atomic E-state index is -0.210. The summed E-state index contributed by atoms with van der Waals surface area (Å²) in [6.45, 7) is 3.41. The van der Waals surface area contributed by atoms with Gasteiger partial charge in [-0.1, -0.05) is 18.1 Å². The lowest BCUT2D eigenvalue weighted by molar-refractivity contribution is -0.114. The second-order valence-electron chi connectivity index (χ2n) is 6.80. The highest BCUT2D eigenvalue weighted by Crippen LogP contribution is 2.27. The third kappa shape index (κ3) is 8.30. The van der Waals surface area contributed by atoms with Crippen molar-refractivity contribution >= 4 is 41.5 Å². The molecule has 7 nitrogen and oxygen atoms in total. The van der Waals surface area contributed by atoms with Crippen molar-refractivity contribution in [1.82, 2.24) is 10.2 Å². The van der Waals surface area contributed by atoms with Gasteiger partial charge in [0.1, 0.15) is 6.54 Å². The molecule has 0 aromatic heterocycles. The summed E-state index contributed by atoms with van der Waals surface area (Å²) >= 11 is 0. The van der Waals surface area contributed by atoms with Crippen LogP contribution in [-0.4, -0.2) is 57.7 Å². The number of likely N-dealkylation sites (N-methyl/N-ethyl adjacent to an activating group) is 1. The van der Waals surface area contributed by atoms with E-state index in [2.05, 4.69) is 21.5 Å². The van der Waals surface area contributed by atoms with Crippen LogP contribution < -0.4 is 20.1 Å². The average Bonchev–Trinajstić information content (AvgIpc) is 2.79. The monoisotopic (exact) mass is 550 g/mol. The van der Waals surface area contributed by atoms with Gasteiger partial charge < -0.3 is 25.0 Å². The van der Waals surface area contributed by atoms with Gasteiger partial charge >= 0.3 is 0 Å². The Morgan fingerprint density at radius 2 is 1.91 bits per heavy atom. The number of anilines is 1. The van der Waals surface area contributed by atoms with Gasteiger partial charge in [-0.2, -0.15) is 0 Å². The zero-order chi connectivity index (χ0) is 22.6. The summed E-state index contributed by atoms with van der Waals surface area (Å²) in [6.07, 6.45) is 6.19. The number of benzene rings is 2. The summed E-state index contributed by atoms with van der Waals surface area (Å²) in [4.78, 5) is 18.8. The number of terminal acetylenes is 1. The van der Waals surface area contributed by atoms with Crippen molar-refractivity contribution in [1.29, 1.82) is 0 Å². The molecule has 2 aromatic rings. The molecule has 0 aliphatic rings. The van der Waals surface area contributed by atoms with Crippen LogP contribution in [0.2, 0.25) is 0 Å². The molecule has 2 rings (SSSR count). The molecule has 2 aromatic carbocycles. The zero-order valence-electron chi connectivity index (χ0n) is 19.0. The molecule has 32 heavy (non-hydrogen) atoms. The Morgan fingerprint density at radius 1 is 1.16 bits per heavy atom. The van der Waals surface area contributed by atoms with Gasteiger partial charge in [0.05, 0.1) is 14.2 Å². The van der Waals surface area contributed by atoms with Crippen molar-refractivity contribution in [3.8, 4) is 23.8 Å². The van der Waals surface area contributed by atoms with Gasteiger partial charge in [-0.15, -0.1) is 30.4 Å². The molecule has 0 saturated heterocycles. The Bertz CT molecular complexity index is 957. The van der Waals surface area contributed by atoms with Crippen LogP contribution in [0.3, 0.4) is 0 Å². The quantitative estimate of drug-likeness (QED) is 0.217. The lowest BCUT2D eigenvalue weighted by Crippen LogP contribution is -2.40. The van der Waals surface area contributed by atoms with E-state index in [1.165, 1.54) is 0 Å². The molecule has 2 N–H and O–H groups in total. The predicted octanol–water partition coefficient (Wildman–Crippen LogP) is 3.38. The second kappa shape index (κ2) is 14.2. The van der Waals surface area contributed by atoms with Crippen LogP contribution in [0.5, 0.6) is 11.5 Å². The summed E-state index contributed by atoms with van der Waals surface area (Å²) in [6, 6.07) is 13.0. The largest absolute Gasteiger partial charge is 0.493 e. The number of carbonyl (C=O) groups is 1. The highest BCUT2D eigenvalue weighted by atomic mass is 127. The highest BCUT2D eigenvalue weighted by Gasteiger charge is 2.10. The molecule has 0 saturated carbocycles. The average molecular weight is 550 g/mol. The van der Waals surface area contributed by atoms with Gasteiger partial charge in [0.25, 0.3) is 0 Å². The minimum Gasteiger partial charge on any atom is -0.493 e. The minimum absolute atomic E-state index is 0. The fraction of sp³-hybridized carbons (Fsp3) is 0.333. The van der Waals surface area contributed by atoms with Gasteiger partial charge in [0, 0.05) is 31.4 Å². The maximum absolute atomic E-state index is 12.3. The molecule has 0 spiro atoms. The van der Waals surface area contributed by atoms with Crippen LogP contribution >= 0.6 is 24.0 Å².